The van der Waals surface area contributed by atoms with Gasteiger partial charge in [0.15, 0.2) is 22.8 Å². The maximum atomic E-state index is 12.2. The fourth-order valence-electron chi connectivity index (χ4n) is 4.26. The van der Waals surface area contributed by atoms with Gasteiger partial charge in [-0.3, -0.25) is 23.4 Å². The molecular weight excluding hydrogens is 720 g/mol. The molecule has 0 aliphatic rings. The molecule has 0 saturated heterocycles. The molecule has 0 amide bonds. The summed E-state index contributed by atoms with van der Waals surface area (Å²) in [7, 11) is 0. The minimum absolute atomic E-state index is 0.122. The molecule has 246 valence electrons. The maximum absolute atomic E-state index is 12.2. The molecule has 47 heavy (non-hydrogen) atoms. The van der Waals surface area contributed by atoms with Crippen LogP contribution in [0.3, 0.4) is 0 Å². The number of aromatic nitrogens is 5. The van der Waals surface area contributed by atoms with Gasteiger partial charge in [-0.1, -0.05) is 65.5 Å². The molecule has 2 N–H and O–H groups in total. The number of aromatic hydroxyl groups is 2. The number of hydrogen-bond acceptors (Lipinski definition) is 11. The second-order valence-corrected chi connectivity index (χ2v) is 14.2. The minimum atomic E-state index is -0.294. The quantitative estimate of drug-likeness (QED) is 0.159. The van der Waals surface area contributed by atoms with Crippen LogP contribution in [0.25, 0.3) is 11.3 Å². The molecule has 5 heterocycles. The molecular formula is C31H30Cl2N6O4S4. The Hall–Kier alpha value is -3.27. The first kappa shape index (κ1) is 36.6. The fourth-order valence-corrected chi connectivity index (χ4v) is 6.94. The van der Waals surface area contributed by atoms with Crippen LogP contribution in [-0.2, 0) is 17.9 Å². The second-order valence-electron chi connectivity index (χ2n) is 9.85. The molecule has 0 saturated carbocycles. The highest BCUT2D eigenvalue weighted by Crippen LogP contribution is 2.23. The topological polar surface area (TPSA) is 125 Å². The number of thioether (sulfide) groups is 2. The molecule has 5 aromatic heterocycles. The van der Waals surface area contributed by atoms with Crippen molar-refractivity contribution in [2.75, 3.05) is 13.1 Å². The summed E-state index contributed by atoms with van der Waals surface area (Å²) in [5.41, 5.74) is 1.93. The first-order valence-corrected chi connectivity index (χ1v) is 17.8. The van der Waals surface area contributed by atoms with Crippen LogP contribution < -0.4 is 11.1 Å². The van der Waals surface area contributed by atoms with Gasteiger partial charge in [-0.05, 0) is 38.8 Å². The molecule has 0 bridgehead atoms. The van der Waals surface area contributed by atoms with Crippen molar-refractivity contribution in [3.63, 3.8) is 0 Å². The Bertz CT molecular complexity index is 2020. The van der Waals surface area contributed by atoms with E-state index in [1.165, 1.54) is 69.0 Å². The van der Waals surface area contributed by atoms with E-state index in [4.69, 9.17) is 47.6 Å². The number of hydrogen-bond donors (Lipinski definition) is 2. The Balaban J connectivity index is 0.000000215. The molecule has 10 nitrogen and oxygen atoms in total. The number of nitrogens with zero attached hydrogens (tertiary/aromatic N) is 6. The van der Waals surface area contributed by atoms with Gasteiger partial charge in [-0.15, -0.1) is 11.8 Å². The monoisotopic (exact) mass is 748 g/mol. The summed E-state index contributed by atoms with van der Waals surface area (Å²) in [5, 5.41) is 20.4. The van der Waals surface area contributed by atoms with Gasteiger partial charge in [0, 0.05) is 77.3 Å². The molecule has 5 aromatic rings. The van der Waals surface area contributed by atoms with Gasteiger partial charge >= 0.3 is 0 Å². The molecule has 0 unspecified atom stereocenters. The minimum Gasteiger partial charge on any atom is -0.504 e. The lowest BCUT2D eigenvalue weighted by Crippen LogP contribution is -2.26. The largest absolute Gasteiger partial charge is 0.504 e. The zero-order valence-corrected chi connectivity index (χ0v) is 30.1. The molecule has 0 aromatic carbocycles. The van der Waals surface area contributed by atoms with Crippen LogP contribution in [-0.4, -0.2) is 60.5 Å². The van der Waals surface area contributed by atoms with Crippen molar-refractivity contribution in [1.29, 1.82) is 0 Å². The summed E-state index contributed by atoms with van der Waals surface area (Å²) in [6.07, 6.45) is 6.13. The van der Waals surface area contributed by atoms with Crippen LogP contribution in [0.2, 0.25) is 10.0 Å². The predicted molar refractivity (Wildman–Crippen MR) is 200 cm³/mol. The number of thiocarbonyl (C=S) groups is 2. The second kappa shape index (κ2) is 17.2. The molecule has 0 atom stereocenters. The first-order chi connectivity index (χ1) is 22.5. The fraction of sp³-hybridized carbons (Fsp3) is 0.258. The van der Waals surface area contributed by atoms with Crippen LogP contribution in [0.5, 0.6) is 11.5 Å². The Morgan fingerprint density at radius 1 is 0.830 bits per heavy atom. The van der Waals surface area contributed by atoms with E-state index in [1.54, 1.807) is 6.20 Å². The third-order valence-corrected chi connectivity index (χ3v) is 10.1. The van der Waals surface area contributed by atoms with Crippen molar-refractivity contribution < 1.29 is 10.2 Å². The van der Waals surface area contributed by atoms with Gasteiger partial charge in [-0.2, -0.15) is 0 Å². The van der Waals surface area contributed by atoms with E-state index in [0.29, 0.717) is 22.9 Å². The lowest BCUT2D eigenvalue weighted by Gasteiger charge is -2.20. The molecule has 0 aliphatic carbocycles. The summed E-state index contributed by atoms with van der Waals surface area (Å²) in [6, 6.07) is 11.4. The maximum Gasteiger partial charge on any atom is 0.258 e. The normalized spacial score (nSPS) is 10.9. The average Bonchev–Trinajstić information content (AvgIpc) is 3.04. The molecule has 5 rings (SSSR count). The zero-order chi connectivity index (χ0) is 34.1. The third-order valence-electron chi connectivity index (χ3n) is 6.58. The van der Waals surface area contributed by atoms with E-state index in [0.717, 1.165) is 40.1 Å². The summed E-state index contributed by atoms with van der Waals surface area (Å²) in [4.78, 5) is 39.2. The van der Waals surface area contributed by atoms with Gasteiger partial charge in [0.2, 0.25) is 0 Å². The predicted octanol–water partition coefficient (Wildman–Crippen LogP) is 6.56. The summed E-state index contributed by atoms with van der Waals surface area (Å²) in [6.45, 7) is 5.77. The smallest absolute Gasteiger partial charge is 0.258 e. The Kier molecular flexibility index (Phi) is 13.4. The van der Waals surface area contributed by atoms with Crippen LogP contribution in [0.1, 0.15) is 37.4 Å². The lowest BCUT2D eigenvalue weighted by molar-refractivity contribution is 0.476. The Morgan fingerprint density at radius 2 is 1.36 bits per heavy atom. The van der Waals surface area contributed by atoms with Gasteiger partial charge in [-0.25, -0.2) is 9.97 Å². The number of pyridine rings is 3. The van der Waals surface area contributed by atoms with Gasteiger partial charge in [0.25, 0.3) is 11.1 Å². The molecule has 0 radical (unpaired) electrons. The van der Waals surface area contributed by atoms with Crippen molar-refractivity contribution in [2.45, 2.75) is 38.2 Å². The highest BCUT2D eigenvalue weighted by molar-refractivity contribution is 8.22. The van der Waals surface area contributed by atoms with Crippen molar-refractivity contribution in [1.82, 2.24) is 28.7 Å². The number of halogens is 2. The van der Waals surface area contributed by atoms with Crippen LogP contribution in [0.4, 0.5) is 0 Å². The SMILES string of the molecule is CCN(CC)C(=S)SCc1cc(=O)n2cc(Cl)cc(O)c2n1.O=c1cc(CSC(=S)CCc2ccccn2)nc2c(O)cc(Cl)cn12. The van der Waals surface area contributed by atoms with E-state index in [-0.39, 0.29) is 44.0 Å². The van der Waals surface area contributed by atoms with Crippen molar-refractivity contribution in [3.8, 4) is 11.5 Å². The third kappa shape index (κ3) is 10.1. The van der Waals surface area contributed by atoms with E-state index >= 15 is 0 Å². The van der Waals surface area contributed by atoms with Gasteiger partial charge in [0.05, 0.1) is 21.4 Å². The highest BCUT2D eigenvalue weighted by Gasteiger charge is 2.12. The van der Waals surface area contributed by atoms with Gasteiger partial charge in [0.1, 0.15) is 4.32 Å². The van der Waals surface area contributed by atoms with Crippen LogP contribution >= 0.6 is 71.2 Å². The van der Waals surface area contributed by atoms with Crippen LogP contribution in [0.15, 0.2) is 70.6 Å². The van der Waals surface area contributed by atoms with E-state index in [9.17, 15) is 19.8 Å². The van der Waals surface area contributed by atoms with E-state index in [1.807, 2.05) is 32.0 Å². The molecule has 0 spiro atoms. The summed E-state index contributed by atoms with van der Waals surface area (Å²) in [5.74, 6) is 0.690. The van der Waals surface area contributed by atoms with E-state index in [2.05, 4.69) is 19.9 Å². The zero-order valence-electron chi connectivity index (χ0n) is 25.3. The Morgan fingerprint density at radius 3 is 1.85 bits per heavy atom. The standard InChI is InChI=1S/C17H14ClN3O2S2.C14H16ClN3O2S2/c18-11-7-14(22)17-20-13(8-15(23)21(17)9-11)10-25-16(24)5-4-12-3-1-2-6-19-12;1-3-17(4-2)14(21)22-8-10-6-12(20)18-7-9(15)5-11(19)13(18)16-10/h1-3,6-9,22H,4-5,10H2;5-7,19H,3-4,8H2,1-2H3. The Labute approximate surface area is 299 Å². The highest BCUT2D eigenvalue weighted by atomic mass is 35.5. The number of fused-ring (bicyclic) bond motifs is 2. The lowest BCUT2D eigenvalue weighted by atomic mass is 10.2. The summed E-state index contributed by atoms with van der Waals surface area (Å²) >= 11 is 25.3. The van der Waals surface area contributed by atoms with Crippen LogP contribution in [0, 0.1) is 0 Å². The molecule has 16 heteroatoms. The summed E-state index contributed by atoms with van der Waals surface area (Å²) < 4.78 is 4.06. The molecule has 0 fully saturated rings. The van der Waals surface area contributed by atoms with E-state index < -0.39 is 0 Å². The number of aryl methyl sites for hydroxylation is 1. The van der Waals surface area contributed by atoms with Crippen molar-refractivity contribution in [2.24, 2.45) is 0 Å². The number of rotatable bonds is 9. The van der Waals surface area contributed by atoms with Gasteiger partial charge < -0.3 is 15.1 Å². The average molecular weight is 750 g/mol. The van der Waals surface area contributed by atoms with Crippen molar-refractivity contribution in [3.05, 3.63) is 109 Å². The van der Waals surface area contributed by atoms with Crippen molar-refractivity contribution >= 4 is 91.0 Å². The first-order valence-electron chi connectivity index (χ1n) is 14.3. The molecule has 0 aliphatic heterocycles.